The molecule has 0 saturated carbocycles. The quantitative estimate of drug-likeness (QED) is 0.524. The molecule has 0 aliphatic rings. The molecule has 0 aromatic heterocycles. The van der Waals surface area contributed by atoms with E-state index in [0.717, 1.165) is 37.2 Å². The van der Waals surface area contributed by atoms with Crippen LogP contribution in [0.5, 0.6) is 5.75 Å². The summed E-state index contributed by atoms with van der Waals surface area (Å²) in [7, 11) is 0. The number of rotatable bonds is 8. The summed E-state index contributed by atoms with van der Waals surface area (Å²) in [6.45, 7) is 8.27. The highest BCUT2D eigenvalue weighted by molar-refractivity contribution is 5.75. The Morgan fingerprint density at radius 1 is 1.28 bits per heavy atom. The van der Waals surface area contributed by atoms with Crippen molar-refractivity contribution in [2.75, 3.05) is 19.8 Å². The summed E-state index contributed by atoms with van der Waals surface area (Å²) in [4.78, 5) is 10.8. The molecule has 0 aliphatic heterocycles. The molecule has 100 valence electrons. The molecule has 0 unspecified atom stereocenters. The fraction of sp³-hybridized carbons (Fsp3) is 0.533. The van der Waals surface area contributed by atoms with Gasteiger partial charge in [0.15, 0.2) is 0 Å². The molecule has 0 heterocycles. The Bertz CT molecular complexity index is 372. The van der Waals surface area contributed by atoms with Gasteiger partial charge in [-0.1, -0.05) is 13.8 Å². The summed E-state index contributed by atoms with van der Waals surface area (Å²) in [5.41, 5.74) is 1.77. The molecule has 1 rings (SSSR count). The molecule has 0 bridgehead atoms. The van der Waals surface area contributed by atoms with Gasteiger partial charge < -0.3 is 9.47 Å². The van der Waals surface area contributed by atoms with Gasteiger partial charge in [-0.15, -0.1) is 0 Å². The van der Waals surface area contributed by atoms with Crippen LogP contribution in [0.1, 0.15) is 49.0 Å². The van der Waals surface area contributed by atoms with E-state index in [-0.39, 0.29) is 0 Å². The van der Waals surface area contributed by atoms with Gasteiger partial charge in [-0.25, -0.2) is 0 Å². The third-order valence-corrected chi connectivity index (χ3v) is 2.69. The molecule has 3 heteroatoms. The van der Waals surface area contributed by atoms with Crippen molar-refractivity contribution in [1.82, 2.24) is 0 Å². The summed E-state index contributed by atoms with van der Waals surface area (Å²) >= 11 is 0. The number of carbonyl (C=O) groups is 1. The van der Waals surface area contributed by atoms with Crippen molar-refractivity contribution in [3.05, 3.63) is 29.3 Å². The average Bonchev–Trinajstić information content (AvgIpc) is 2.38. The van der Waals surface area contributed by atoms with Crippen molar-refractivity contribution in [1.29, 1.82) is 0 Å². The van der Waals surface area contributed by atoms with Crippen LogP contribution < -0.4 is 4.74 Å². The summed E-state index contributed by atoms with van der Waals surface area (Å²) < 4.78 is 11.0. The zero-order valence-electron chi connectivity index (χ0n) is 11.4. The summed E-state index contributed by atoms with van der Waals surface area (Å²) in [5, 5.41) is 0. The van der Waals surface area contributed by atoms with Crippen LogP contribution >= 0.6 is 0 Å². The number of carbonyl (C=O) groups excluding carboxylic acids is 1. The fourth-order valence-electron chi connectivity index (χ4n) is 1.71. The van der Waals surface area contributed by atoms with E-state index in [0.29, 0.717) is 18.1 Å². The van der Waals surface area contributed by atoms with Crippen molar-refractivity contribution in [2.24, 2.45) is 0 Å². The molecule has 18 heavy (non-hydrogen) atoms. The van der Waals surface area contributed by atoms with Crippen molar-refractivity contribution in [3.63, 3.8) is 0 Å². The Morgan fingerprint density at radius 3 is 2.67 bits per heavy atom. The van der Waals surface area contributed by atoms with Crippen LogP contribution in [0, 0.1) is 0 Å². The molecule has 0 amide bonds. The molecule has 0 radical (unpaired) electrons. The first-order valence-electron chi connectivity index (χ1n) is 6.48. The zero-order valence-corrected chi connectivity index (χ0v) is 11.4. The number of benzene rings is 1. The first-order valence-corrected chi connectivity index (χ1v) is 6.48. The molecule has 0 saturated heterocycles. The lowest BCUT2D eigenvalue weighted by Crippen LogP contribution is -2.05. The monoisotopic (exact) mass is 250 g/mol. The highest BCUT2D eigenvalue weighted by atomic mass is 16.5. The minimum absolute atomic E-state index is 0.340. The molecule has 1 aromatic carbocycles. The van der Waals surface area contributed by atoms with Crippen molar-refractivity contribution in [3.8, 4) is 5.75 Å². The van der Waals surface area contributed by atoms with Crippen LogP contribution in [-0.4, -0.2) is 26.1 Å². The maximum Gasteiger partial charge on any atom is 0.150 e. The van der Waals surface area contributed by atoms with Crippen LogP contribution in [0.25, 0.3) is 0 Å². The third-order valence-electron chi connectivity index (χ3n) is 2.69. The SMILES string of the molecule is CCOCCCOc1ccc(C=O)cc1C(C)C. The lowest BCUT2D eigenvalue weighted by atomic mass is 10.00. The van der Waals surface area contributed by atoms with Gasteiger partial charge in [-0.05, 0) is 36.6 Å². The first-order chi connectivity index (χ1) is 8.69. The minimum Gasteiger partial charge on any atom is -0.493 e. The maximum atomic E-state index is 10.8. The van der Waals surface area contributed by atoms with Gasteiger partial charge in [-0.2, -0.15) is 0 Å². The molecular formula is C15H22O3. The molecule has 1 aromatic rings. The van der Waals surface area contributed by atoms with Gasteiger partial charge in [-0.3, -0.25) is 4.79 Å². The Labute approximate surface area is 109 Å². The van der Waals surface area contributed by atoms with Gasteiger partial charge in [0.25, 0.3) is 0 Å². The lowest BCUT2D eigenvalue weighted by molar-refractivity contribution is 0.112. The smallest absolute Gasteiger partial charge is 0.150 e. The number of ether oxygens (including phenoxy) is 2. The molecule has 0 atom stereocenters. The summed E-state index contributed by atoms with van der Waals surface area (Å²) in [6, 6.07) is 5.56. The Hall–Kier alpha value is -1.35. The van der Waals surface area contributed by atoms with Crippen LogP contribution in [0.15, 0.2) is 18.2 Å². The van der Waals surface area contributed by atoms with Crippen LogP contribution in [0.3, 0.4) is 0 Å². The van der Waals surface area contributed by atoms with E-state index >= 15 is 0 Å². The van der Waals surface area contributed by atoms with Gasteiger partial charge in [0, 0.05) is 25.2 Å². The van der Waals surface area contributed by atoms with Crippen molar-refractivity contribution < 1.29 is 14.3 Å². The van der Waals surface area contributed by atoms with Crippen molar-refractivity contribution in [2.45, 2.75) is 33.1 Å². The molecular weight excluding hydrogens is 228 g/mol. The fourth-order valence-corrected chi connectivity index (χ4v) is 1.71. The van der Waals surface area contributed by atoms with Crippen LogP contribution in [0.4, 0.5) is 0 Å². The van der Waals surface area contributed by atoms with Crippen molar-refractivity contribution >= 4 is 6.29 Å². The highest BCUT2D eigenvalue weighted by Gasteiger charge is 2.08. The summed E-state index contributed by atoms with van der Waals surface area (Å²) in [5.74, 6) is 1.21. The second-order valence-electron chi connectivity index (χ2n) is 4.47. The molecule has 0 spiro atoms. The highest BCUT2D eigenvalue weighted by Crippen LogP contribution is 2.27. The lowest BCUT2D eigenvalue weighted by Gasteiger charge is -2.14. The molecule has 0 fully saturated rings. The second kappa shape index (κ2) is 7.88. The predicted molar refractivity (Wildman–Crippen MR) is 72.5 cm³/mol. The number of hydrogen-bond acceptors (Lipinski definition) is 3. The van der Waals surface area contributed by atoms with Crippen LogP contribution in [0.2, 0.25) is 0 Å². The predicted octanol–water partition coefficient (Wildman–Crippen LogP) is 3.43. The molecule has 0 aliphatic carbocycles. The Balaban J connectivity index is 2.61. The van der Waals surface area contributed by atoms with E-state index in [2.05, 4.69) is 13.8 Å². The standard InChI is InChI=1S/C15H22O3/c1-4-17-8-5-9-18-15-7-6-13(11-16)10-14(15)12(2)3/h6-7,10-12H,4-5,8-9H2,1-3H3. The Kier molecular flexibility index (Phi) is 6.44. The largest absolute Gasteiger partial charge is 0.493 e. The van der Waals surface area contributed by atoms with E-state index in [1.54, 1.807) is 6.07 Å². The van der Waals surface area contributed by atoms with E-state index < -0.39 is 0 Å². The number of hydrogen-bond donors (Lipinski definition) is 0. The Morgan fingerprint density at radius 2 is 2.06 bits per heavy atom. The van der Waals surface area contributed by atoms with Gasteiger partial charge in [0.05, 0.1) is 6.61 Å². The molecule has 3 nitrogen and oxygen atoms in total. The van der Waals surface area contributed by atoms with E-state index in [4.69, 9.17) is 9.47 Å². The van der Waals surface area contributed by atoms with E-state index in [1.165, 1.54) is 0 Å². The van der Waals surface area contributed by atoms with Gasteiger partial charge in [0.1, 0.15) is 12.0 Å². The summed E-state index contributed by atoms with van der Waals surface area (Å²) in [6.07, 6.45) is 1.74. The first kappa shape index (κ1) is 14.7. The van der Waals surface area contributed by atoms with E-state index in [9.17, 15) is 4.79 Å². The average molecular weight is 250 g/mol. The van der Waals surface area contributed by atoms with E-state index in [1.807, 2.05) is 19.1 Å². The second-order valence-corrected chi connectivity index (χ2v) is 4.47. The molecule has 0 N–H and O–H groups in total. The van der Waals surface area contributed by atoms with Crippen LogP contribution in [-0.2, 0) is 4.74 Å². The van der Waals surface area contributed by atoms with Gasteiger partial charge >= 0.3 is 0 Å². The normalized spacial score (nSPS) is 10.7. The third kappa shape index (κ3) is 4.49. The zero-order chi connectivity index (χ0) is 13.4. The van der Waals surface area contributed by atoms with Gasteiger partial charge in [0.2, 0.25) is 0 Å². The maximum absolute atomic E-state index is 10.8. The minimum atomic E-state index is 0.340. The number of aldehydes is 1. The topological polar surface area (TPSA) is 35.5 Å².